The second-order valence-electron chi connectivity index (χ2n) is 7.55. The summed E-state index contributed by atoms with van der Waals surface area (Å²) < 4.78 is 21.0. The fourth-order valence-corrected chi connectivity index (χ4v) is 4.77. The minimum absolute atomic E-state index is 0.0417. The molecular weight excluding hydrogens is 359 g/mol. The first-order valence-electron chi connectivity index (χ1n) is 9.93. The van der Waals surface area contributed by atoms with Gasteiger partial charge in [0.1, 0.15) is 18.2 Å². The van der Waals surface area contributed by atoms with Crippen LogP contribution >= 0.6 is 0 Å². The van der Waals surface area contributed by atoms with Gasteiger partial charge in [0, 0.05) is 38.9 Å². The Bertz CT molecular complexity index is 858. The van der Waals surface area contributed by atoms with Crippen LogP contribution in [0.25, 0.3) is 11.3 Å². The minimum Gasteiger partial charge on any atom is -0.375 e. The molecule has 4 rings (SSSR count). The predicted molar refractivity (Wildman–Crippen MR) is 104 cm³/mol. The first kappa shape index (κ1) is 19.1. The lowest BCUT2D eigenvalue weighted by atomic mass is 9.83. The molecule has 3 heterocycles. The number of nitrogens with zero attached hydrogens (tertiary/aromatic N) is 4. The molecule has 0 radical (unpaired) electrons. The quantitative estimate of drug-likeness (QED) is 0.810. The van der Waals surface area contributed by atoms with Crippen LogP contribution in [0.15, 0.2) is 30.5 Å². The zero-order valence-electron chi connectivity index (χ0n) is 16.5. The third kappa shape index (κ3) is 3.12. The smallest absolute Gasteiger partial charge is 0.248 e. The van der Waals surface area contributed by atoms with E-state index in [1.165, 1.54) is 6.07 Å². The summed E-state index contributed by atoms with van der Waals surface area (Å²) in [5.41, 5.74) is 1.64. The summed E-state index contributed by atoms with van der Waals surface area (Å²) in [7, 11) is 1.55. The van der Waals surface area contributed by atoms with Crippen molar-refractivity contribution in [2.75, 3.05) is 39.9 Å². The van der Waals surface area contributed by atoms with Crippen LogP contribution in [0.1, 0.15) is 25.6 Å². The molecule has 150 valence electrons. The van der Waals surface area contributed by atoms with Crippen molar-refractivity contribution in [1.29, 1.82) is 0 Å². The number of likely N-dealkylation sites (tertiary alicyclic amines) is 1. The zero-order valence-corrected chi connectivity index (χ0v) is 16.5. The Morgan fingerprint density at radius 3 is 2.71 bits per heavy atom. The van der Waals surface area contributed by atoms with E-state index in [0.717, 1.165) is 49.6 Å². The average molecular weight is 386 g/mol. The van der Waals surface area contributed by atoms with Gasteiger partial charge in [0.25, 0.3) is 0 Å². The van der Waals surface area contributed by atoms with Crippen LogP contribution in [0, 0.1) is 5.82 Å². The molecule has 1 aromatic carbocycles. The summed E-state index contributed by atoms with van der Waals surface area (Å²) >= 11 is 0. The van der Waals surface area contributed by atoms with Gasteiger partial charge in [-0.15, -0.1) is 0 Å². The third-order valence-corrected chi connectivity index (χ3v) is 6.18. The highest BCUT2D eigenvalue weighted by atomic mass is 19.1. The number of amides is 1. The van der Waals surface area contributed by atoms with Crippen molar-refractivity contribution in [2.24, 2.45) is 0 Å². The van der Waals surface area contributed by atoms with Crippen LogP contribution < -0.4 is 0 Å². The van der Waals surface area contributed by atoms with E-state index in [1.54, 1.807) is 19.2 Å². The van der Waals surface area contributed by atoms with Crippen molar-refractivity contribution < 1.29 is 13.9 Å². The molecule has 1 aromatic heterocycles. The van der Waals surface area contributed by atoms with Gasteiger partial charge in [-0.25, -0.2) is 9.37 Å². The molecule has 0 unspecified atom stereocenters. The highest BCUT2D eigenvalue weighted by Gasteiger charge is 2.47. The Labute approximate surface area is 164 Å². The van der Waals surface area contributed by atoms with E-state index in [-0.39, 0.29) is 23.9 Å². The van der Waals surface area contributed by atoms with E-state index in [2.05, 4.69) is 16.4 Å². The number of methoxy groups -OCH3 is 1. The third-order valence-electron chi connectivity index (χ3n) is 6.18. The summed E-state index contributed by atoms with van der Waals surface area (Å²) in [6.07, 6.45) is 3.55. The van der Waals surface area contributed by atoms with E-state index in [4.69, 9.17) is 9.72 Å². The fraction of sp³-hybridized carbons (Fsp3) is 0.524. The monoisotopic (exact) mass is 386 g/mol. The normalized spacial score (nSPS) is 19.0. The number of piperidine rings is 1. The number of benzene rings is 1. The number of rotatable bonds is 4. The van der Waals surface area contributed by atoms with Crippen molar-refractivity contribution in [3.63, 3.8) is 0 Å². The number of fused-ring (bicyclic) bond motifs is 2. The van der Waals surface area contributed by atoms with Crippen LogP contribution in [0.4, 0.5) is 4.39 Å². The average Bonchev–Trinajstić information content (AvgIpc) is 3.14. The summed E-state index contributed by atoms with van der Waals surface area (Å²) in [6, 6.07) is 6.69. The molecular formula is C21H27FN4O2. The lowest BCUT2D eigenvalue weighted by Crippen LogP contribution is -2.58. The first-order chi connectivity index (χ1) is 13.6. The number of aromatic nitrogens is 2. The number of likely N-dealkylation sites (N-methyl/N-ethyl adjacent to an activating group) is 1. The topological polar surface area (TPSA) is 50.6 Å². The van der Waals surface area contributed by atoms with Gasteiger partial charge in [-0.3, -0.25) is 9.69 Å². The van der Waals surface area contributed by atoms with Crippen LogP contribution in [-0.2, 0) is 21.6 Å². The number of carbonyl (C=O) groups excluding carboxylic acids is 1. The molecule has 0 saturated carbocycles. The highest BCUT2D eigenvalue weighted by Crippen LogP contribution is 2.42. The zero-order chi connectivity index (χ0) is 19.7. The largest absolute Gasteiger partial charge is 0.375 e. The SMILES string of the molecule is CCN1CCn2c(-c3cccc(F)c3)cnc2C12CCN(C(=O)COC)CC2. The van der Waals surface area contributed by atoms with Gasteiger partial charge in [-0.1, -0.05) is 19.1 Å². The molecule has 28 heavy (non-hydrogen) atoms. The molecule has 2 aliphatic rings. The Kier molecular flexibility index (Phi) is 5.21. The Balaban J connectivity index is 1.67. The Hall–Kier alpha value is -2.25. The number of imidazole rings is 1. The standard InChI is InChI=1S/C21H27FN4O2/c1-3-25-11-12-26-18(16-5-4-6-17(22)13-16)14-23-20(26)21(25)7-9-24(10-8-21)19(27)15-28-2/h4-6,13-14H,3,7-12,15H2,1-2H3. The molecule has 0 N–H and O–H groups in total. The second-order valence-corrected chi connectivity index (χ2v) is 7.55. The molecule has 1 fully saturated rings. The maximum atomic E-state index is 13.8. The van der Waals surface area contributed by atoms with Gasteiger partial charge in [-0.2, -0.15) is 0 Å². The molecule has 6 nitrogen and oxygen atoms in total. The number of hydrogen-bond donors (Lipinski definition) is 0. The van der Waals surface area contributed by atoms with Crippen molar-refractivity contribution in [3.8, 4) is 11.3 Å². The lowest BCUT2D eigenvalue weighted by Gasteiger charge is -2.50. The van der Waals surface area contributed by atoms with Crippen LogP contribution in [0.5, 0.6) is 0 Å². The molecule has 1 amide bonds. The maximum absolute atomic E-state index is 13.8. The number of halogens is 1. The summed E-state index contributed by atoms with van der Waals surface area (Å²) in [4.78, 5) is 21.4. The molecule has 0 aliphatic carbocycles. The summed E-state index contributed by atoms with van der Waals surface area (Å²) in [5.74, 6) is 0.845. The Morgan fingerprint density at radius 2 is 2.04 bits per heavy atom. The van der Waals surface area contributed by atoms with E-state index in [0.29, 0.717) is 13.1 Å². The van der Waals surface area contributed by atoms with Crippen molar-refractivity contribution in [2.45, 2.75) is 31.8 Å². The van der Waals surface area contributed by atoms with E-state index < -0.39 is 0 Å². The minimum atomic E-state index is -0.237. The van der Waals surface area contributed by atoms with E-state index >= 15 is 0 Å². The van der Waals surface area contributed by atoms with Gasteiger partial charge in [-0.05, 0) is 31.5 Å². The summed E-state index contributed by atoms with van der Waals surface area (Å²) in [5, 5.41) is 0. The maximum Gasteiger partial charge on any atom is 0.248 e. The van der Waals surface area contributed by atoms with Gasteiger partial charge < -0.3 is 14.2 Å². The number of carbonyl (C=O) groups is 1. The van der Waals surface area contributed by atoms with E-state index in [9.17, 15) is 9.18 Å². The molecule has 0 atom stereocenters. The molecule has 2 aromatic rings. The highest BCUT2D eigenvalue weighted by molar-refractivity contribution is 5.77. The molecule has 1 saturated heterocycles. The van der Waals surface area contributed by atoms with Crippen molar-refractivity contribution in [3.05, 3.63) is 42.1 Å². The van der Waals surface area contributed by atoms with Gasteiger partial charge >= 0.3 is 0 Å². The van der Waals surface area contributed by atoms with Crippen LogP contribution in [0.3, 0.4) is 0 Å². The lowest BCUT2D eigenvalue weighted by molar-refractivity contribution is -0.138. The van der Waals surface area contributed by atoms with Crippen LogP contribution in [-0.4, -0.2) is 65.2 Å². The molecule has 1 spiro atoms. The second kappa shape index (κ2) is 7.64. The first-order valence-corrected chi connectivity index (χ1v) is 9.93. The van der Waals surface area contributed by atoms with Gasteiger partial charge in [0.15, 0.2) is 0 Å². The van der Waals surface area contributed by atoms with Gasteiger partial charge in [0.05, 0.1) is 17.4 Å². The summed E-state index contributed by atoms with van der Waals surface area (Å²) in [6.45, 7) is 6.40. The van der Waals surface area contributed by atoms with Crippen molar-refractivity contribution in [1.82, 2.24) is 19.4 Å². The fourth-order valence-electron chi connectivity index (χ4n) is 4.77. The number of ether oxygens (including phenoxy) is 1. The van der Waals surface area contributed by atoms with E-state index in [1.807, 2.05) is 17.2 Å². The molecule has 2 aliphatic heterocycles. The van der Waals surface area contributed by atoms with Crippen LogP contribution in [0.2, 0.25) is 0 Å². The predicted octanol–water partition coefficient (Wildman–Crippen LogP) is 2.49. The molecule has 0 bridgehead atoms. The Morgan fingerprint density at radius 1 is 1.25 bits per heavy atom. The van der Waals surface area contributed by atoms with Crippen molar-refractivity contribution >= 4 is 5.91 Å². The molecule has 7 heteroatoms. The van der Waals surface area contributed by atoms with Gasteiger partial charge in [0.2, 0.25) is 5.91 Å². The number of hydrogen-bond acceptors (Lipinski definition) is 4.